The molecule has 1 aliphatic rings. The Morgan fingerprint density at radius 1 is 1.44 bits per heavy atom. The number of carbonyl (C=O) groups excluding carboxylic acids is 1. The predicted molar refractivity (Wildman–Crippen MR) is 67.3 cm³/mol. The second-order valence-corrected chi connectivity index (χ2v) is 5.16. The van der Waals surface area contributed by atoms with Crippen molar-refractivity contribution in [3.05, 3.63) is 0 Å². The summed E-state index contributed by atoms with van der Waals surface area (Å²) in [5.74, 6) is 1.31. The molecule has 0 radical (unpaired) electrons. The highest BCUT2D eigenvalue weighted by atomic mass is 16.2. The van der Waals surface area contributed by atoms with Gasteiger partial charge in [0.2, 0.25) is 5.91 Å². The van der Waals surface area contributed by atoms with Gasteiger partial charge in [0.05, 0.1) is 0 Å². The van der Waals surface area contributed by atoms with Gasteiger partial charge in [0.15, 0.2) is 0 Å². The molecule has 0 bridgehead atoms. The van der Waals surface area contributed by atoms with E-state index in [1.54, 1.807) is 0 Å². The first-order valence-corrected chi connectivity index (χ1v) is 6.46. The normalized spacial score (nSPS) is 21.0. The van der Waals surface area contributed by atoms with Gasteiger partial charge in [0.25, 0.3) is 0 Å². The van der Waals surface area contributed by atoms with Gasteiger partial charge in [-0.3, -0.25) is 4.79 Å². The maximum absolute atomic E-state index is 11.4. The summed E-state index contributed by atoms with van der Waals surface area (Å²) in [4.78, 5) is 11.4. The van der Waals surface area contributed by atoms with E-state index in [0.29, 0.717) is 12.3 Å². The van der Waals surface area contributed by atoms with Crippen LogP contribution in [0, 0.1) is 11.8 Å². The van der Waals surface area contributed by atoms with Gasteiger partial charge >= 0.3 is 0 Å². The summed E-state index contributed by atoms with van der Waals surface area (Å²) >= 11 is 0. The zero-order chi connectivity index (χ0) is 12.0. The van der Waals surface area contributed by atoms with Gasteiger partial charge in [-0.1, -0.05) is 27.2 Å². The Kier molecular flexibility index (Phi) is 5.50. The Balaban J connectivity index is 2.28. The summed E-state index contributed by atoms with van der Waals surface area (Å²) in [6.07, 6.45) is 6.41. The zero-order valence-electron chi connectivity index (χ0n) is 10.8. The lowest BCUT2D eigenvalue weighted by molar-refractivity contribution is -0.121. The summed E-state index contributed by atoms with van der Waals surface area (Å²) in [7, 11) is 0. The summed E-state index contributed by atoms with van der Waals surface area (Å²) in [5, 5.41) is 4.22. The highest BCUT2D eigenvalue weighted by Crippen LogP contribution is 2.24. The highest BCUT2D eigenvalue weighted by molar-refractivity contribution is 5.86. The van der Waals surface area contributed by atoms with Crippen LogP contribution in [0.3, 0.4) is 0 Å². The van der Waals surface area contributed by atoms with Gasteiger partial charge in [-0.2, -0.15) is 5.10 Å². The largest absolute Gasteiger partial charge is 0.273 e. The van der Waals surface area contributed by atoms with Crippen LogP contribution in [0.15, 0.2) is 5.10 Å². The standard InChI is InChI=1S/C13H24N2O/c1-4-11-5-7-12(8-6-11)14-15-13(16)9-10(2)3/h10-11H,4-9H2,1-3H3,(H,15,16). The van der Waals surface area contributed by atoms with Crippen LogP contribution in [-0.2, 0) is 4.79 Å². The van der Waals surface area contributed by atoms with Crippen LogP contribution in [0.4, 0.5) is 0 Å². The third-order valence-corrected chi connectivity index (χ3v) is 3.19. The van der Waals surface area contributed by atoms with Crippen molar-refractivity contribution in [2.45, 2.75) is 59.3 Å². The second-order valence-electron chi connectivity index (χ2n) is 5.16. The lowest BCUT2D eigenvalue weighted by Gasteiger charge is -2.21. The first kappa shape index (κ1) is 13.2. The first-order chi connectivity index (χ1) is 7.61. The van der Waals surface area contributed by atoms with Crippen molar-refractivity contribution in [1.82, 2.24) is 5.43 Å². The second kappa shape index (κ2) is 6.66. The molecule has 0 heterocycles. The molecule has 1 saturated carbocycles. The Bertz CT molecular complexity index is 249. The fraction of sp³-hybridized carbons (Fsp3) is 0.846. The summed E-state index contributed by atoms with van der Waals surface area (Å²) in [6, 6.07) is 0. The molecule has 0 aromatic heterocycles. The van der Waals surface area contributed by atoms with E-state index in [0.717, 1.165) is 18.8 Å². The van der Waals surface area contributed by atoms with Crippen molar-refractivity contribution in [1.29, 1.82) is 0 Å². The van der Waals surface area contributed by atoms with Crippen LogP contribution in [0.2, 0.25) is 0 Å². The number of carbonyl (C=O) groups is 1. The van der Waals surface area contributed by atoms with Gasteiger partial charge in [-0.25, -0.2) is 5.43 Å². The molecule has 1 fully saturated rings. The summed E-state index contributed by atoms with van der Waals surface area (Å²) in [6.45, 7) is 6.33. The topological polar surface area (TPSA) is 41.5 Å². The Morgan fingerprint density at radius 3 is 2.56 bits per heavy atom. The number of nitrogens with one attached hydrogen (secondary N) is 1. The van der Waals surface area contributed by atoms with E-state index in [1.807, 2.05) is 13.8 Å². The van der Waals surface area contributed by atoms with Gasteiger partial charge in [0.1, 0.15) is 0 Å². The average molecular weight is 224 g/mol. The minimum atomic E-state index is 0.0418. The fourth-order valence-electron chi connectivity index (χ4n) is 2.09. The minimum absolute atomic E-state index is 0.0418. The molecular formula is C13H24N2O. The molecule has 0 aromatic rings. The minimum Gasteiger partial charge on any atom is -0.273 e. The maximum atomic E-state index is 11.4. The lowest BCUT2D eigenvalue weighted by Crippen LogP contribution is -2.23. The average Bonchev–Trinajstić information content (AvgIpc) is 2.26. The number of nitrogens with zero attached hydrogens (tertiary/aromatic N) is 1. The van der Waals surface area contributed by atoms with Gasteiger partial charge < -0.3 is 0 Å². The molecule has 0 aliphatic heterocycles. The molecule has 16 heavy (non-hydrogen) atoms. The SMILES string of the molecule is CCC1CCC(=NNC(=O)CC(C)C)CC1. The number of amides is 1. The van der Waals surface area contributed by atoms with Crippen molar-refractivity contribution in [2.24, 2.45) is 16.9 Å². The summed E-state index contributed by atoms with van der Waals surface area (Å²) in [5.41, 5.74) is 3.83. The van der Waals surface area contributed by atoms with Crippen LogP contribution < -0.4 is 5.43 Å². The van der Waals surface area contributed by atoms with Crippen molar-refractivity contribution in [2.75, 3.05) is 0 Å². The highest BCUT2D eigenvalue weighted by Gasteiger charge is 2.16. The maximum Gasteiger partial charge on any atom is 0.240 e. The van der Waals surface area contributed by atoms with Crippen LogP contribution >= 0.6 is 0 Å². The predicted octanol–water partition coefficient (Wildman–Crippen LogP) is 3.10. The molecule has 3 nitrogen and oxygen atoms in total. The zero-order valence-corrected chi connectivity index (χ0v) is 10.8. The van der Waals surface area contributed by atoms with Crippen LogP contribution in [0.25, 0.3) is 0 Å². The monoisotopic (exact) mass is 224 g/mol. The Morgan fingerprint density at radius 2 is 2.06 bits per heavy atom. The Labute approximate surface area is 98.7 Å². The van der Waals surface area contributed by atoms with Crippen molar-refractivity contribution in [3.8, 4) is 0 Å². The Hall–Kier alpha value is -0.860. The summed E-state index contributed by atoms with van der Waals surface area (Å²) < 4.78 is 0. The third kappa shape index (κ3) is 4.77. The fourth-order valence-corrected chi connectivity index (χ4v) is 2.09. The van der Waals surface area contributed by atoms with Crippen molar-refractivity contribution >= 4 is 11.6 Å². The molecule has 1 amide bonds. The van der Waals surface area contributed by atoms with E-state index in [1.165, 1.54) is 25.0 Å². The molecule has 1 N–H and O–H groups in total. The number of hydrazone groups is 1. The van der Waals surface area contributed by atoms with E-state index in [4.69, 9.17) is 0 Å². The smallest absolute Gasteiger partial charge is 0.240 e. The third-order valence-electron chi connectivity index (χ3n) is 3.19. The van der Waals surface area contributed by atoms with Gasteiger partial charge in [0, 0.05) is 12.1 Å². The van der Waals surface area contributed by atoms with E-state index in [-0.39, 0.29) is 5.91 Å². The first-order valence-electron chi connectivity index (χ1n) is 6.46. The van der Waals surface area contributed by atoms with Crippen LogP contribution in [0.5, 0.6) is 0 Å². The number of hydrogen-bond donors (Lipinski definition) is 1. The van der Waals surface area contributed by atoms with Crippen molar-refractivity contribution in [3.63, 3.8) is 0 Å². The molecule has 92 valence electrons. The lowest BCUT2D eigenvalue weighted by atomic mass is 9.86. The number of hydrogen-bond acceptors (Lipinski definition) is 2. The van der Waals surface area contributed by atoms with E-state index >= 15 is 0 Å². The molecule has 0 atom stereocenters. The van der Waals surface area contributed by atoms with Gasteiger partial charge in [-0.15, -0.1) is 0 Å². The molecule has 0 spiro atoms. The molecular weight excluding hydrogens is 200 g/mol. The van der Waals surface area contributed by atoms with Gasteiger partial charge in [-0.05, 0) is 37.5 Å². The van der Waals surface area contributed by atoms with Crippen LogP contribution in [0.1, 0.15) is 59.3 Å². The van der Waals surface area contributed by atoms with E-state index in [2.05, 4.69) is 17.5 Å². The molecule has 1 aliphatic carbocycles. The van der Waals surface area contributed by atoms with Crippen molar-refractivity contribution < 1.29 is 4.79 Å². The molecule has 0 saturated heterocycles. The molecule has 1 rings (SSSR count). The van der Waals surface area contributed by atoms with E-state index < -0.39 is 0 Å². The quantitative estimate of drug-likeness (QED) is 0.732. The molecule has 0 aromatic carbocycles. The van der Waals surface area contributed by atoms with E-state index in [9.17, 15) is 4.79 Å². The molecule has 0 unspecified atom stereocenters. The molecule has 3 heteroatoms. The number of rotatable bonds is 4. The van der Waals surface area contributed by atoms with Crippen LogP contribution in [-0.4, -0.2) is 11.6 Å².